The van der Waals surface area contributed by atoms with Crippen molar-refractivity contribution in [1.82, 2.24) is 10.6 Å². The minimum atomic E-state index is 0.118. The van der Waals surface area contributed by atoms with Gasteiger partial charge in [-0.25, -0.2) is 0 Å². The largest absolute Gasteiger partial charge is 0.356 e. The van der Waals surface area contributed by atoms with Crippen molar-refractivity contribution in [2.24, 2.45) is 0 Å². The monoisotopic (exact) mass is 382 g/mol. The van der Waals surface area contributed by atoms with E-state index in [0.717, 1.165) is 27.8 Å². The highest BCUT2D eigenvalue weighted by molar-refractivity contribution is 9.13. The Balaban J connectivity index is 2.14. The molecule has 0 aliphatic heterocycles. The molecule has 1 amide bonds. The molecular weight excluding hydrogens is 368 g/mol. The number of hydrogen-bond donors (Lipinski definition) is 2. The van der Waals surface area contributed by atoms with E-state index >= 15 is 0 Å². The van der Waals surface area contributed by atoms with Crippen LogP contribution in [0.5, 0.6) is 0 Å². The van der Waals surface area contributed by atoms with Crippen LogP contribution in [-0.2, 0) is 11.3 Å². The predicted molar refractivity (Wildman–Crippen MR) is 79.3 cm³/mol. The molecule has 0 aliphatic carbocycles. The third kappa shape index (κ3) is 5.99. The number of rotatable bonds is 7. The van der Waals surface area contributed by atoms with E-state index in [0.29, 0.717) is 13.0 Å². The molecule has 1 aromatic rings. The van der Waals surface area contributed by atoms with E-state index in [4.69, 9.17) is 0 Å². The normalized spacial score (nSPS) is 10.5. The van der Waals surface area contributed by atoms with Gasteiger partial charge in [0, 0.05) is 35.4 Å². The van der Waals surface area contributed by atoms with E-state index in [1.165, 1.54) is 4.88 Å². The van der Waals surface area contributed by atoms with Crippen LogP contribution in [0, 0.1) is 0 Å². The quantitative estimate of drug-likeness (QED) is 0.709. The average molecular weight is 384 g/mol. The van der Waals surface area contributed by atoms with Crippen molar-refractivity contribution >= 4 is 49.1 Å². The molecule has 0 radical (unpaired) electrons. The Morgan fingerprint density at radius 3 is 2.76 bits per heavy atom. The van der Waals surface area contributed by atoms with Crippen LogP contribution in [0.3, 0.4) is 0 Å². The van der Waals surface area contributed by atoms with Crippen LogP contribution in [0.25, 0.3) is 0 Å². The third-order valence-corrected chi connectivity index (χ3v) is 5.35. The first-order valence-electron chi connectivity index (χ1n) is 5.54. The van der Waals surface area contributed by atoms with Crippen molar-refractivity contribution in [2.75, 3.05) is 13.1 Å². The Kier molecular flexibility index (Phi) is 7.34. The van der Waals surface area contributed by atoms with Crippen LogP contribution in [0.1, 0.15) is 24.6 Å². The first-order valence-corrected chi connectivity index (χ1v) is 7.95. The molecule has 1 aromatic heterocycles. The zero-order valence-corrected chi connectivity index (χ0v) is 13.7. The Morgan fingerprint density at radius 1 is 1.41 bits per heavy atom. The van der Waals surface area contributed by atoms with Crippen molar-refractivity contribution in [3.63, 3.8) is 0 Å². The fourth-order valence-electron chi connectivity index (χ4n) is 1.24. The maximum Gasteiger partial charge on any atom is 0.221 e. The SMILES string of the molecule is CCCNC(=O)CCNCc1cc(Br)c(Br)s1. The van der Waals surface area contributed by atoms with Gasteiger partial charge in [-0.2, -0.15) is 0 Å². The Bertz CT molecular complexity index is 349. The van der Waals surface area contributed by atoms with Crippen molar-refractivity contribution in [1.29, 1.82) is 0 Å². The van der Waals surface area contributed by atoms with Crippen LogP contribution < -0.4 is 10.6 Å². The lowest BCUT2D eigenvalue weighted by Crippen LogP contribution is -2.27. The molecule has 0 spiro atoms. The summed E-state index contributed by atoms with van der Waals surface area (Å²) in [6.45, 7) is 4.33. The van der Waals surface area contributed by atoms with Gasteiger partial charge < -0.3 is 10.6 Å². The number of carbonyl (C=O) groups excluding carboxylic acids is 1. The van der Waals surface area contributed by atoms with Gasteiger partial charge in [0.2, 0.25) is 5.91 Å². The summed E-state index contributed by atoms with van der Waals surface area (Å²) in [7, 11) is 0. The number of hydrogen-bond acceptors (Lipinski definition) is 3. The van der Waals surface area contributed by atoms with Gasteiger partial charge in [0.15, 0.2) is 0 Å². The summed E-state index contributed by atoms with van der Waals surface area (Å²) >= 11 is 8.60. The molecule has 0 fully saturated rings. The van der Waals surface area contributed by atoms with Crippen LogP contribution >= 0.6 is 43.2 Å². The predicted octanol–water partition coefficient (Wildman–Crippen LogP) is 3.28. The fraction of sp³-hybridized carbons (Fsp3) is 0.545. The molecule has 1 rings (SSSR count). The molecule has 17 heavy (non-hydrogen) atoms. The zero-order valence-electron chi connectivity index (χ0n) is 9.69. The van der Waals surface area contributed by atoms with E-state index in [2.05, 4.69) is 48.6 Å². The van der Waals surface area contributed by atoms with E-state index < -0.39 is 0 Å². The first kappa shape index (κ1) is 15.1. The van der Waals surface area contributed by atoms with Gasteiger partial charge in [0.1, 0.15) is 0 Å². The van der Waals surface area contributed by atoms with Crippen molar-refractivity contribution in [3.8, 4) is 0 Å². The number of thiophene rings is 1. The van der Waals surface area contributed by atoms with Gasteiger partial charge >= 0.3 is 0 Å². The molecule has 0 saturated carbocycles. The van der Waals surface area contributed by atoms with Gasteiger partial charge in [-0.05, 0) is 44.3 Å². The summed E-state index contributed by atoms with van der Waals surface area (Å²) in [4.78, 5) is 12.6. The third-order valence-electron chi connectivity index (χ3n) is 2.10. The van der Waals surface area contributed by atoms with Crippen molar-refractivity contribution < 1.29 is 4.79 Å². The summed E-state index contributed by atoms with van der Waals surface area (Å²) < 4.78 is 2.19. The summed E-state index contributed by atoms with van der Waals surface area (Å²) in [6, 6.07) is 2.08. The highest BCUT2D eigenvalue weighted by atomic mass is 79.9. The molecule has 96 valence electrons. The maximum absolute atomic E-state index is 11.3. The molecule has 1 heterocycles. The Hall–Kier alpha value is 0.0900. The second-order valence-corrected chi connectivity index (χ2v) is 6.92. The molecule has 0 bridgehead atoms. The van der Waals surface area contributed by atoms with Crippen molar-refractivity contribution in [3.05, 3.63) is 19.2 Å². The van der Waals surface area contributed by atoms with E-state index in [1.807, 2.05) is 6.92 Å². The van der Waals surface area contributed by atoms with Gasteiger partial charge in [0.05, 0.1) is 3.79 Å². The number of amides is 1. The molecule has 0 aliphatic rings. The number of halogens is 2. The lowest BCUT2D eigenvalue weighted by molar-refractivity contribution is -0.120. The van der Waals surface area contributed by atoms with Crippen LogP contribution in [-0.4, -0.2) is 19.0 Å². The topological polar surface area (TPSA) is 41.1 Å². The second-order valence-electron chi connectivity index (χ2n) is 3.61. The molecule has 3 nitrogen and oxygen atoms in total. The highest BCUT2D eigenvalue weighted by Gasteiger charge is 2.04. The summed E-state index contributed by atoms with van der Waals surface area (Å²) in [5.41, 5.74) is 0. The van der Waals surface area contributed by atoms with E-state index in [9.17, 15) is 4.79 Å². The van der Waals surface area contributed by atoms with Crippen LogP contribution in [0.4, 0.5) is 0 Å². The van der Waals surface area contributed by atoms with Gasteiger partial charge in [-0.15, -0.1) is 11.3 Å². The van der Waals surface area contributed by atoms with E-state index in [1.54, 1.807) is 11.3 Å². The smallest absolute Gasteiger partial charge is 0.221 e. The lowest BCUT2D eigenvalue weighted by atomic mass is 10.3. The second kappa shape index (κ2) is 8.24. The van der Waals surface area contributed by atoms with Crippen LogP contribution in [0.15, 0.2) is 14.3 Å². The standard InChI is InChI=1S/C11H16Br2N2OS/c1-2-4-15-10(16)3-5-14-7-8-6-9(12)11(13)17-8/h6,14H,2-5,7H2,1H3,(H,15,16). The summed E-state index contributed by atoms with van der Waals surface area (Å²) in [5, 5.41) is 6.11. The van der Waals surface area contributed by atoms with E-state index in [-0.39, 0.29) is 5.91 Å². The fourth-order valence-corrected chi connectivity index (χ4v) is 3.39. The van der Waals surface area contributed by atoms with Crippen LogP contribution in [0.2, 0.25) is 0 Å². The average Bonchev–Trinajstić information content (AvgIpc) is 2.61. The molecule has 6 heteroatoms. The van der Waals surface area contributed by atoms with Crippen molar-refractivity contribution in [2.45, 2.75) is 26.3 Å². The molecule has 0 saturated heterocycles. The molecule has 0 unspecified atom stereocenters. The minimum Gasteiger partial charge on any atom is -0.356 e. The molecule has 2 N–H and O–H groups in total. The highest BCUT2D eigenvalue weighted by Crippen LogP contribution is 2.32. The Morgan fingerprint density at radius 2 is 2.18 bits per heavy atom. The van der Waals surface area contributed by atoms with Gasteiger partial charge in [-0.3, -0.25) is 4.79 Å². The molecule has 0 atom stereocenters. The summed E-state index contributed by atoms with van der Waals surface area (Å²) in [6.07, 6.45) is 1.52. The molecular formula is C11H16Br2N2OS. The molecule has 0 aromatic carbocycles. The lowest BCUT2D eigenvalue weighted by Gasteiger charge is -2.04. The number of carbonyl (C=O) groups is 1. The number of nitrogens with one attached hydrogen (secondary N) is 2. The summed E-state index contributed by atoms with van der Waals surface area (Å²) in [5.74, 6) is 0.118. The maximum atomic E-state index is 11.3. The minimum absolute atomic E-state index is 0.118. The van der Waals surface area contributed by atoms with Gasteiger partial charge in [-0.1, -0.05) is 6.92 Å². The zero-order chi connectivity index (χ0) is 12.7. The Labute approximate surface area is 123 Å². The first-order chi connectivity index (χ1) is 8.13. The van der Waals surface area contributed by atoms with Gasteiger partial charge in [0.25, 0.3) is 0 Å².